The average Bonchev–Trinajstić information content (AvgIpc) is 3.03. The topological polar surface area (TPSA) is 77.7 Å². The predicted octanol–water partition coefficient (Wildman–Crippen LogP) is 3.19. The van der Waals surface area contributed by atoms with E-state index in [1.165, 1.54) is 0 Å². The molecule has 0 aliphatic carbocycles. The van der Waals surface area contributed by atoms with Crippen molar-refractivity contribution in [2.75, 3.05) is 26.2 Å². The molecule has 29 heavy (non-hydrogen) atoms. The van der Waals surface area contributed by atoms with Crippen LogP contribution in [0, 0.1) is 0 Å². The largest absolute Gasteiger partial charge is 0.505 e. The van der Waals surface area contributed by atoms with Gasteiger partial charge in [-0.25, -0.2) is 0 Å². The molecule has 0 radical (unpaired) electrons. The molecule has 0 fully saturated rings. The molecule has 0 bridgehead atoms. The quantitative estimate of drug-likeness (QED) is 0.526. The Hall–Kier alpha value is -2.54. The number of aromatic nitrogens is 1. The van der Waals surface area contributed by atoms with Gasteiger partial charge in [-0.05, 0) is 37.4 Å². The molecule has 2 aromatic carbocycles. The summed E-state index contributed by atoms with van der Waals surface area (Å²) in [5, 5.41) is 24.4. The monoisotopic (exact) mass is 417 g/mol. The first-order valence-electron chi connectivity index (χ1n) is 9.63. The van der Waals surface area contributed by atoms with Crippen LogP contribution >= 0.6 is 12.4 Å². The summed E-state index contributed by atoms with van der Waals surface area (Å²) in [7, 11) is 0. The van der Waals surface area contributed by atoms with Crippen LogP contribution in [-0.2, 0) is 0 Å². The van der Waals surface area contributed by atoms with Crippen molar-refractivity contribution in [3.63, 3.8) is 0 Å². The van der Waals surface area contributed by atoms with Gasteiger partial charge in [-0.3, -0.25) is 4.79 Å². The summed E-state index contributed by atoms with van der Waals surface area (Å²) in [6, 6.07) is 16.8. The molecule has 7 heteroatoms. The van der Waals surface area contributed by atoms with Crippen LogP contribution in [0.3, 0.4) is 0 Å². The molecule has 0 saturated heterocycles. The van der Waals surface area contributed by atoms with Gasteiger partial charge in [0.05, 0.1) is 11.6 Å². The molecule has 1 amide bonds. The molecule has 1 atom stereocenters. The number of likely N-dealkylation sites (N-methyl/N-ethyl adjacent to an activating group) is 1. The van der Waals surface area contributed by atoms with Crippen molar-refractivity contribution in [2.24, 2.45) is 0 Å². The molecule has 6 nitrogen and oxygen atoms in total. The fourth-order valence-corrected chi connectivity index (χ4v) is 3.42. The molecule has 0 saturated carbocycles. The first-order valence-corrected chi connectivity index (χ1v) is 9.63. The van der Waals surface area contributed by atoms with E-state index in [2.05, 4.69) is 10.2 Å². The number of rotatable bonds is 8. The number of hydrogen-bond donors (Lipinski definition) is 3. The smallest absolute Gasteiger partial charge is 0.272 e. The van der Waals surface area contributed by atoms with E-state index in [9.17, 15) is 15.0 Å². The number of aromatic hydroxyl groups is 1. The highest BCUT2D eigenvalue weighted by molar-refractivity contribution is 6.05. The highest BCUT2D eigenvalue weighted by Crippen LogP contribution is 2.34. The van der Waals surface area contributed by atoms with Gasteiger partial charge in [-0.15, -0.1) is 12.4 Å². The van der Waals surface area contributed by atoms with Crippen molar-refractivity contribution in [2.45, 2.75) is 20.0 Å². The van der Waals surface area contributed by atoms with Crippen LogP contribution in [0.5, 0.6) is 5.75 Å². The Morgan fingerprint density at radius 2 is 1.69 bits per heavy atom. The second kappa shape index (κ2) is 10.3. The Labute approximate surface area is 177 Å². The Morgan fingerprint density at radius 3 is 2.34 bits per heavy atom. The first kappa shape index (κ1) is 22.7. The number of benzene rings is 2. The maximum absolute atomic E-state index is 12.9. The van der Waals surface area contributed by atoms with Crippen LogP contribution in [0.1, 0.15) is 24.3 Å². The lowest BCUT2D eigenvalue weighted by atomic mass is 10.2. The van der Waals surface area contributed by atoms with Gasteiger partial charge in [0.25, 0.3) is 5.91 Å². The molecule has 1 heterocycles. The summed E-state index contributed by atoms with van der Waals surface area (Å²) in [4.78, 5) is 15.0. The summed E-state index contributed by atoms with van der Waals surface area (Å²) < 4.78 is 1.75. The first-order chi connectivity index (χ1) is 13.6. The Morgan fingerprint density at radius 1 is 1.07 bits per heavy atom. The predicted molar refractivity (Wildman–Crippen MR) is 118 cm³/mol. The molecular weight excluding hydrogens is 390 g/mol. The summed E-state index contributed by atoms with van der Waals surface area (Å²) >= 11 is 0. The maximum atomic E-state index is 12.9. The van der Waals surface area contributed by atoms with E-state index in [1.54, 1.807) is 10.6 Å². The van der Waals surface area contributed by atoms with Gasteiger partial charge >= 0.3 is 0 Å². The second-order valence-electron chi connectivity index (χ2n) is 6.74. The summed E-state index contributed by atoms with van der Waals surface area (Å²) in [5.74, 6) is -0.480. The van der Waals surface area contributed by atoms with Gasteiger partial charge in [-0.1, -0.05) is 44.2 Å². The van der Waals surface area contributed by atoms with Crippen molar-refractivity contribution < 1.29 is 15.0 Å². The van der Waals surface area contributed by atoms with Crippen molar-refractivity contribution in [3.05, 3.63) is 60.3 Å². The zero-order chi connectivity index (χ0) is 20.1. The molecule has 0 aliphatic heterocycles. The van der Waals surface area contributed by atoms with E-state index in [0.29, 0.717) is 11.9 Å². The Kier molecular flexibility index (Phi) is 8.08. The fourth-order valence-electron chi connectivity index (χ4n) is 3.42. The van der Waals surface area contributed by atoms with Gasteiger partial charge in [0.2, 0.25) is 0 Å². The number of hydrogen-bond acceptors (Lipinski definition) is 4. The molecule has 156 valence electrons. The number of aliphatic hydroxyl groups excluding tert-OH is 1. The maximum Gasteiger partial charge on any atom is 0.272 e. The number of carbonyl (C=O) groups is 1. The zero-order valence-corrected chi connectivity index (χ0v) is 17.5. The SMILES string of the molecule is CCN(CC)CC(O)CNC(=O)c1c(O)c2ccccc2n1-c1ccccc1.Cl. The van der Waals surface area contributed by atoms with Crippen LogP contribution < -0.4 is 5.32 Å². The summed E-state index contributed by atoms with van der Waals surface area (Å²) in [5.41, 5.74) is 1.70. The van der Waals surface area contributed by atoms with E-state index in [0.717, 1.165) is 24.3 Å². The Bertz CT molecular complexity index is 939. The minimum absolute atomic E-state index is 0. The highest BCUT2D eigenvalue weighted by atomic mass is 35.5. The normalized spacial score (nSPS) is 12.0. The van der Waals surface area contributed by atoms with E-state index >= 15 is 0 Å². The number of para-hydroxylation sites is 2. The lowest BCUT2D eigenvalue weighted by Gasteiger charge is -2.22. The average molecular weight is 418 g/mol. The third-order valence-corrected chi connectivity index (χ3v) is 4.94. The van der Waals surface area contributed by atoms with Crippen molar-refractivity contribution >= 4 is 29.2 Å². The fraction of sp³-hybridized carbons (Fsp3) is 0.318. The number of fused-ring (bicyclic) bond motifs is 1. The molecule has 3 aromatic rings. The minimum atomic E-state index is -0.680. The van der Waals surface area contributed by atoms with Crippen molar-refractivity contribution in [1.82, 2.24) is 14.8 Å². The van der Waals surface area contributed by atoms with Crippen molar-refractivity contribution in [1.29, 1.82) is 0 Å². The van der Waals surface area contributed by atoms with Crippen molar-refractivity contribution in [3.8, 4) is 11.4 Å². The number of aliphatic hydroxyl groups is 1. The third-order valence-electron chi connectivity index (χ3n) is 4.94. The van der Waals surface area contributed by atoms with E-state index < -0.39 is 12.0 Å². The molecule has 0 spiro atoms. The molecule has 1 unspecified atom stereocenters. The van der Waals surface area contributed by atoms with Crippen LogP contribution in [-0.4, -0.2) is 57.9 Å². The Balaban J connectivity index is 0.00000300. The number of carbonyl (C=O) groups excluding carboxylic acids is 1. The molecule has 3 N–H and O–H groups in total. The summed E-state index contributed by atoms with van der Waals surface area (Å²) in [6.45, 7) is 6.34. The lowest BCUT2D eigenvalue weighted by molar-refractivity contribution is 0.0861. The van der Waals surface area contributed by atoms with Crippen LogP contribution in [0.4, 0.5) is 0 Å². The minimum Gasteiger partial charge on any atom is -0.505 e. The number of amides is 1. The highest BCUT2D eigenvalue weighted by Gasteiger charge is 2.24. The van der Waals surface area contributed by atoms with Crippen LogP contribution in [0.2, 0.25) is 0 Å². The summed E-state index contributed by atoms with van der Waals surface area (Å²) in [6.07, 6.45) is -0.680. The molecule has 3 rings (SSSR count). The van der Waals surface area contributed by atoms with Gasteiger partial charge in [0, 0.05) is 24.2 Å². The number of nitrogens with zero attached hydrogens (tertiary/aromatic N) is 2. The molecule has 0 aliphatic rings. The number of halogens is 1. The van der Waals surface area contributed by atoms with Crippen LogP contribution in [0.15, 0.2) is 54.6 Å². The van der Waals surface area contributed by atoms with E-state index in [1.807, 2.05) is 62.4 Å². The van der Waals surface area contributed by atoms with Gasteiger partial charge in [-0.2, -0.15) is 0 Å². The lowest BCUT2D eigenvalue weighted by Crippen LogP contribution is -2.40. The molecule has 1 aromatic heterocycles. The van der Waals surface area contributed by atoms with Gasteiger partial charge < -0.3 is 25.0 Å². The standard InChI is InChI=1S/C22H27N3O3.ClH/c1-3-24(4-2)15-17(26)14-23-22(28)20-21(27)18-12-8-9-13-19(18)25(20)16-10-6-5-7-11-16;/h5-13,17,26-27H,3-4,14-15H2,1-2H3,(H,23,28);1H. The van der Waals surface area contributed by atoms with E-state index in [4.69, 9.17) is 0 Å². The van der Waals surface area contributed by atoms with Gasteiger partial charge in [0.1, 0.15) is 0 Å². The zero-order valence-electron chi connectivity index (χ0n) is 16.7. The molecular formula is C22H28ClN3O3. The number of nitrogens with one attached hydrogen (secondary N) is 1. The van der Waals surface area contributed by atoms with E-state index in [-0.39, 0.29) is 30.4 Å². The van der Waals surface area contributed by atoms with Crippen LogP contribution in [0.25, 0.3) is 16.6 Å². The third kappa shape index (κ3) is 4.90. The second-order valence-corrected chi connectivity index (χ2v) is 6.74. The van der Waals surface area contributed by atoms with Gasteiger partial charge in [0.15, 0.2) is 11.4 Å².